The zero-order chi connectivity index (χ0) is 19.4. The molecule has 0 saturated carbocycles. The molecule has 27 heavy (non-hydrogen) atoms. The van der Waals surface area contributed by atoms with Crippen LogP contribution in [0.1, 0.15) is 10.4 Å². The van der Waals surface area contributed by atoms with Crippen LogP contribution in [0, 0.1) is 10.1 Å². The molecule has 1 fully saturated rings. The largest absolute Gasteiger partial charge is 0.368 e. The molecular weight excluding hydrogens is 388 g/mol. The summed E-state index contributed by atoms with van der Waals surface area (Å²) in [5.41, 5.74) is 1.45. The van der Waals surface area contributed by atoms with E-state index in [1.165, 1.54) is 12.1 Å². The lowest BCUT2D eigenvalue weighted by atomic mass is 10.2. The number of benzene rings is 2. The molecule has 1 saturated heterocycles. The summed E-state index contributed by atoms with van der Waals surface area (Å²) in [4.78, 5) is 26.7. The van der Waals surface area contributed by atoms with Crippen molar-refractivity contribution < 1.29 is 9.72 Å². The number of nitrogens with zero attached hydrogens (tertiary/aromatic N) is 3. The van der Waals surface area contributed by atoms with Gasteiger partial charge in [-0.15, -0.1) is 0 Å². The van der Waals surface area contributed by atoms with E-state index < -0.39 is 4.92 Å². The van der Waals surface area contributed by atoms with Crippen LogP contribution in [0.2, 0.25) is 5.02 Å². The lowest BCUT2D eigenvalue weighted by Gasteiger charge is -2.37. The van der Waals surface area contributed by atoms with Crippen LogP contribution in [0.15, 0.2) is 48.5 Å². The lowest BCUT2D eigenvalue weighted by Crippen LogP contribution is -2.52. The van der Waals surface area contributed by atoms with Crippen LogP contribution in [-0.4, -0.2) is 47.0 Å². The van der Waals surface area contributed by atoms with Gasteiger partial charge in [-0.3, -0.25) is 20.2 Å². The molecular formula is C18H17ClN4O3S. The zero-order valence-corrected chi connectivity index (χ0v) is 15.9. The number of anilines is 1. The van der Waals surface area contributed by atoms with E-state index in [0.717, 1.165) is 5.69 Å². The van der Waals surface area contributed by atoms with Crippen molar-refractivity contribution in [2.24, 2.45) is 0 Å². The molecule has 2 aromatic carbocycles. The zero-order valence-electron chi connectivity index (χ0n) is 14.3. The Kier molecular flexibility index (Phi) is 5.88. The van der Waals surface area contributed by atoms with Crippen LogP contribution >= 0.6 is 23.8 Å². The second-order valence-electron chi connectivity index (χ2n) is 6.02. The van der Waals surface area contributed by atoms with Crippen LogP contribution in [0.4, 0.5) is 11.4 Å². The molecule has 0 spiro atoms. The number of hydrogen-bond donors (Lipinski definition) is 1. The van der Waals surface area contributed by atoms with Gasteiger partial charge >= 0.3 is 0 Å². The monoisotopic (exact) mass is 404 g/mol. The Labute approximate surface area is 166 Å². The fourth-order valence-corrected chi connectivity index (χ4v) is 3.30. The number of hydrogen-bond acceptors (Lipinski definition) is 5. The second-order valence-corrected chi connectivity index (χ2v) is 6.84. The van der Waals surface area contributed by atoms with Crippen LogP contribution in [-0.2, 0) is 0 Å². The Balaban J connectivity index is 1.54. The van der Waals surface area contributed by atoms with Crippen molar-refractivity contribution in [1.29, 1.82) is 0 Å². The molecule has 7 nitrogen and oxygen atoms in total. The van der Waals surface area contributed by atoms with Crippen molar-refractivity contribution in [2.75, 3.05) is 31.1 Å². The minimum atomic E-state index is -0.414. The van der Waals surface area contributed by atoms with Crippen molar-refractivity contribution >= 4 is 46.2 Å². The molecule has 1 aliphatic rings. The number of nitro groups is 1. The molecule has 1 aliphatic heterocycles. The molecule has 140 valence electrons. The molecule has 9 heteroatoms. The molecule has 2 aromatic rings. The molecule has 0 unspecified atom stereocenters. The van der Waals surface area contributed by atoms with Crippen LogP contribution < -0.4 is 10.2 Å². The average molecular weight is 405 g/mol. The van der Waals surface area contributed by atoms with Crippen molar-refractivity contribution in [2.45, 2.75) is 0 Å². The fraction of sp³-hybridized carbons (Fsp3) is 0.222. The van der Waals surface area contributed by atoms with E-state index in [1.807, 2.05) is 4.90 Å². The maximum atomic E-state index is 12.3. The van der Waals surface area contributed by atoms with E-state index in [9.17, 15) is 14.9 Å². The summed E-state index contributed by atoms with van der Waals surface area (Å²) in [6.07, 6.45) is 0. The van der Waals surface area contributed by atoms with Gasteiger partial charge in [-0.25, -0.2) is 0 Å². The fourth-order valence-electron chi connectivity index (χ4n) is 2.83. The molecule has 1 amide bonds. The molecule has 3 rings (SSSR count). The normalized spacial score (nSPS) is 14.0. The smallest absolute Gasteiger partial charge is 0.269 e. The SMILES string of the molecule is O=C(NC(=S)N1CCN(c2ccc([N+](=O)[O-])cc2)CC1)c1cccc(Cl)c1. The van der Waals surface area contributed by atoms with Gasteiger partial charge in [0, 0.05) is 54.6 Å². The summed E-state index contributed by atoms with van der Waals surface area (Å²) in [5.74, 6) is -0.291. The summed E-state index contributed by atoms with van der Waals surface area (Å²) in [7, 11) is 0. The van der Waals surface area contributed by atoms with Crippen LogP contribution in [0.3, 0.4) is 0 Å². The molecule has 0 aromatic heterocycles. The van der Waals surface area contributed by atoms with Gasteiger partial charge in [-0.1, -0.05) is 17.7 Å². The summed E-state index contributed by atoms with van der Waals surface area (Å²) < 4.78 is 0. The lowest BCUT2D eigenvalue weighted by molar-refractivity contribution is -0.384. The predicted octanol–water partition coefficient (Wildman–Crippen LogP) is 3.09. The molecule has 0 radical (unpaired) electrons. The number of thiocarbonyl (C=S) groups is 1. The van der Waals surface area contributed by atoms with Gasteiger partial charge in [0.2, 0.25) is 0 Å². The van der Waals surface area contributed by atoms with Crippen LogP contribution in [0.5, 0.6) is 0 Å². The van der Waals surface area contributed by atoms with Crippen molar-refractivity contribution in [1.82, 2.24) is 10.2 Å². The molecule has 0 aliphatic carbocycles. The quantitative estimate of drug-likeness (QED) is 0.481. The number of rotatable bonds is 3. The third-order valence-corrected chi connectivity index (χ3v) is 4.90. The number of amides is 1. The van der Waals surface area contributed by atoms with Crippen molar-refractivity contribution in [3.05, 3.63) is 69.2 Å². The maximum absolute atomic E-state index is 12.3. The van der Waals surface area contributed by atoms with Gasteiger partial charge in [-0.05, 0) is 42.5 Å². The minimum Gasteiger partial charge on any atom is -0.368 e. The Morgan fingerprint density at radius 1 is 1.11 bits per heavy atom. The first kappa shape index (κ1) is 19.1. The highest BCUT2D eigenvalue weighted by Gasteiger charge is 2.21. The van der Waals surface area contributed by atoms with E-state index in [0.29, 0.717) is 41.9 Å². The first-order valence-corrected chi connectivity index (χ1v) is 9.08. The summed E-state index contributed by atoms with van der Waals surface area (Å²) in [5, 5.41) is 14.3. The first-order chi connectivity index (χ1) is 12.9. The average Bonchev–Trinajstić information content (AvgIpc) is 2.68. The van der Waals surface area contributed by atoms with Gasteiger partial charge in [0.1, 0.15) is 0 Å². The predicted molar refractivity (Wildman–Crippen MR) is 108 cm³/mol. The highest BCUT2D eigenvalue weighted by Crippen LogP contribution is 2.20. The highest BCUT2D eigenvalue weighted by atomic mass is 35.5. The van der Waals surface area contributed by atoms with Gasteiger partial charge in [-0.2, -0.15) is 0 Å². The summed E-state index contributed by atoms with van der Waals surface area (Å²) in [6.45, 7) is 2.69. The number of carbonyl (C=O) groups is 1. The number of piperazine rings is 1. The van der Waals surface area contributed by atoms with Gasteiger partial charge in [0.15, 0.2) is 5.11 Å². The number of halogens is 1. The third-order valence-electron chi connectivity index (χ3n) is 4.30. The minimum absolute atomic E-state index is 0.0716. The molecule has 0 bridgehead atoms. The molecule has 1 heterocycles. The van der Waals surface area contributed by atoms with E-state index in [1.54, 1.807) is 36.4 Å². The molecule has 0 atom stereocenters. The van der Waals surface area contributed by atoms with E-state index in [-0.39, 0.29) is 11.6 Å². The summed E-state index contributed by atoms with van der Waals surface area (Å²) >= 11 is 11.3. The van der Waals surface area contributed by atoms with Crippen molar-refractivity contribution in [3.8, 4) is 0 Å². The third kappa shape index (κ3) is 4.72. The van der Waals surface area contributed by atoms with E-state index >= 15 is 0 Å². The van der Waals surface area contributed by atoms with Gasteiger partial charge < -0.3 is 9.80 Å². The van der Waals surface area contributed by atoms with Gasteiger partial charge in [0.05, 0.1) is 4.92 Å². The standard InChI is InChI=1S/C18H17ClN4O3S/c19-14-3-1-2-13(12-14)17(24)20-18(27)22-10-8-21(9-11-22)15-4-6-16(7-5-15)23(25)26/h1-7,12H,8-11H2,(H,20,24,27). The first-order valence-electron chi connectivity index (χ1n) is 8.29. The number of carbonyl (C=O) groups excluding carboxylic acids is 1. The summed E-state index contributed by atoms with van der Waals surface area (Å²) in [6, 6.07) is 13.2. The topological polar surface area (TPSA) is 78.7 Å². The van der Waals surface area contributed by atoms with Gasteiger partial charge in [0.25, 0.3) is 11.6 Å². The Morgan fingerprint density at radius 3 is 2.37 bits per heavy atom. The maximum Gasteiger partial charge on any atom is 0.269 e. The van der Waals surface area contributed by atoms with Crippen molar-refractivity contribution in [3.63, 3.8) is 0 Å². The Hall–Kier alpha value is -2.71. The highest BCUT2D eigenvalue weighted by molar-refractivity contribution is 7.80. The molecule has 1 N–H and O–H groups in total. The van der Waals surface area contributed by atoms with E-state index in [2.05, 4.69) is 10.2 Å². The second kappa shape index (κ2) is 8.32. The Morgan fingerprint density at radius 2 is 1.78 bits per heavy atom. The van der Waals surface area contributed by atoms with E-state index in [4.69, 9.17) is 23.8 Å². The Bertz CT molecular complexity index is 867. The number of nitro benzene ring substituents is 1. The number of nitrogens with one attached hydrogen (secondary N) is 1. The number of non-ortho nitro benzene ring substituents is 1. The van der Waals surface area contributed by atoms with Crippen LogP contribution in [0.25, 0.3) is 0 Å².